The number of carbonyl (C=O) groups is 1. The summed E-state index contributed by atoms with van der Waals surface area (Å²) in [5.74, 6) is 2.59. The van der Waals surface area contributed by atoms with Crippen LogP contribution in [0, 0.1) is 5.92 Å². The van der Waals surface area contributed by atoms with E-state index in [1.807, 2.05) is 32.5 Å². The molecular formula is C16H32N4OS. The van der Waals surface area contributed by atoms with E-state index in [-0.39, 0.29) is 18.0 Å². The molecule has 0 radical (unpaired) electrons. The summed E-state index contributed by atoms with van der Waals surface area (Å²) in [6, 6.07) is 0. The van der Waals surface area contributed by atoms with Crippen molar-refractivity contribution in [3.8, 4) is 0 Å². The predicted molar refractivity (Wildman–Crippen MR) is 96.5 cm³/mol. The maximum absolute atomic E-state index is 12.0. The van der Waals surface area contributed by atoms with E-state index < -0.39 is 0 Å². The summed E-state index contributed by atoms with van der Waals surface area (Å²) < 4.78 is 0. The number of nitrogens with one attached hydrogen (secondary N) is 2. The number of hydrogen-bond donors (Lipinski definition) is 2. The molecule has 0 saturated carbocycles. The van der Waals surface area contributed by atoms with E-state index >= 15 is 0 Å². The number of rotatable bonds is 4. The Balaban J connectivity index is 2.67. The highest BCUT2D eigenvalue weighted by molar-refractivity contribution is 8.00. The van der Waals surface area contributed by atoms with Crippen LogP contribution >= 0.6 is 11.8 Å². The molecule has 6 heteroatoms. The van der Waals surface area contributed by atoms with Gasteiger partial charge in [0.1, 0.15) is 6.54 Å². The van der Waals surface area contributed by atoms with E-state index in [0.717, 1.165) is 31.3 Å². The monoisotopic (exact) mass is 328 g/mol. The first-order chi connectivity index (χ1) is 10.2. The Hall–Kier alpha value is -0.910. The first-order valence-electron chi connectivity index (χ1n) is 8.18. The summed E-state index contributed by atoms with van der Waals surface area (Å²) in [4.78, 5) is 18.8. The first-order valence-corrected chi connectivity index (χ1v) is 9.23. The Kier molecular flexibility index (Phi) is 7.53. The van der Waals surface area contributed by atoms with Gasteiger partial charge in [0.05, 0.1) is 0 Å². The Morgan fingerprint density at radius 2 is 2.09 bits per heavy atom. The third kappa shape index (κ3) is 6.90. The molecule has 1 fully saturated rings. The van der Waals surface area contributed by atoms with Gasteiger partial charge in [-0.15, -0.1) is 0 Å². The molecule has 1 rings (SSSR count). The van der Waals surface area contributed by atoms with Crippen LogP contribution < -0.4 is 10.6 Å². The number of nitrogens with zero attached hydrogens (tertiary/aromatic N) is 2. The van der Waals surface area contributed by atoms with Crippen LogP contribution in [0.2, 0.25) is 0 Å². The number of carbonyl (C=O) groups excluding carboxylic acids is 1. The molecule has 1 unspecified atom stereocenters. The maximum atomic E-state index is 12.0. The van der Waals surface area contributed by atoms with Gasteiger partial charge in [-0.1, -0.05) is 13.8 Å². The molecule has 0 bridgehead atoms. The third-order valence-electron chi connectivity index (χ3n) is 3.36. The van der Waals surface area contributed by atoms with Gasteiger partial charge in [0.15, 0.2) is 5.96 Å². The summed E-state index contributed by atoms with van der Waals surface area (Å²) in [5, 5.41) is 6.89. The molecule has 2 N–H and O–H groups in total. The first kappa shape index (κ1) is 19.1. The van der Waals surface area contributed by atoms with Gasteiger partial charge in [-0.3, -0.25) is 4.79 Å². The van der Waals surface area contributed by atoms with Gasteiger partial charge in [-0.05, 0) is 33.6 Å². The zero-order chi connectivity index (χ0) is 16.8. The number of hydrogen-bond acceptors (Lipinski definition) is 3. The van der Waals surface area contributed by atoms with Crippen LogP contribution in [0.3, 0.4) is 0 Å². The zero-order valence-corrected chi connectivity index (χ0v) is 15.7. The van der Waals surface area contributed by atoms with Crippen molar-refractivity contribution in [1.82, 2.24) is 15.5 Å². The summed E-state index contributed by atoms with van der Waals surface area (Å²) >= 11 is 2.04. The zero-order valence-electron chi connectivity index (χ0n) is 14.9. The second-order valence-corrected chi connectivity index (χ2v) is 8.41. The maximum Gasteiger partial charge on any atom is 0.242 e. The molecule has 128 valence electrons. The molecule has 1 atom stereocenters. The third-order valence-corrected chi connectivity index (χ3v) is 4.90. The fraction of sp³-hybridized carbons (Fsp3) is 0.875. The molecule has 1 heterocycles. The van der Waals surface area contributed by atoms with Crippen molar-refractivity contribution in [3.63, 3.8) is 0 Å². The molecule has 22 heavy (non-hydrogen) atoms. The molecule has 1 amide bonds. The molecule has 1 saturated heterocycles. The highest BCUT2D eigenvalue weighted by Gasteiger charge is 2.25. The van der Waals surface area contributed by atoms with Crippen molar-refractivity contribution in [2.45, 2.75) is 52.3 Å². The van der Waals surface area contributed by atoms with Crippen LogP contribution in [0.4, 0.5) is 0 Å². The van der Waals surface area contributed by atoms with E-state index in [1.54, 1.807) is 0 Å². The minimum Gasteiger partial charge on any atom is -0.357 e. The normalized spacial score (nSPS) is 20.2. The summed E-state index contributed by atoms with van der Waals surface area (Å²) in [6.45, 7) is 15.5. The van der Waals surface area contributed by atoms with E-state index in [0.29, 0.717) is 11.2 Å². The quantitative estimate of drug-likeness (QED) is 0.612. The van der Waals surface area contributed by atoms with Crippen molar-refractivity contribution in [2.24, 2.45) is 10.9 Å². The Morgan fingerprint density at radius 3 is 2.64 bits per heavy atom. The minimum atomic E-state index is -0.213. The lowest BCUT2D eigenvalue weighted by molar-refractivity contribution is -0.121. The second-order valence-electron chi connectivity index (χ2n) is 7.07. The van der Waals surface area contributed by atoms with Gasteiger partial charge >= 0.3 is 0 Å². The van der Waals surface area contributed by atoms with Crippen LogP contribution in [0.15, 0.2) is 4.99 Å². The second kappa shape index (κ2) is 8.65. The van der Waals surface area contributed by atoms with Gasteiger partial charge in [-0.25, -0.2) is 4.99 Å². The van der Waals surface area contributed by atoms with Crippen LogP contribution in [0.25, 0.3) is 0 Å². The Morgan fingerprint density at radius 1 is 1.41 bits per heavy atom. The average Bonchev–Trinajstić information content (AvgIpc) is 2.41. The molecule has 5 nitrogen and oxygen atoms in total. The van der Waals surface area contributed by atoms with Crippen molar-refractivity contribution in [3.05, 3.63) is 0 Å². The molecule has 0 aromatic rings. The minimum absolute atomic E-state index is 0.0327. The highest BCUT2D eigenvalue weighted by Crippen LogP contribution is 2.24. The topological polar surface area (TPSA) is 56.7 Å². The van der Waals surface area contributed by atoms with E-state index in [1.165, 1.54) is 0 Å². The fourth-order valence-electron chi connectivity index (χ4n) is 2.30. The van der Waals surface area contributed by atoms with Gasteiger partial charge in [-0.2, -0.15) is 11.8 Å². The average molecular weight is 329 g/mol. The number of amides is 1. The summed E-state index contributed by atoms with van der Waals surface area (Å²) in [6.07, 6.45) is 0. The van der Waals surface area contributed by atoms with Gasteiger partial charge in [0.25, 0.3) is 0 Å². The lowest BCUT2D eigenvalue weighted by Crippen LogP contribution is -2.49. The van der Waals surface area contributed by atoms with Gasteiger partial charge in [0.2, 0.25) is 5.91 Å². The predicted octanol–water partition coefficient (Wildman–Crippen LogP) is 1.94. The standard InChI is InChI=1S/C16H32N4OS/c1-7-17-15(18-10-14(21)19-16(4,5)6)20-8-9-22-13(11-20)12(2)3/h12-13H,7-11H2,1-6H3,(H,17,18)(H,19,21). The van der Waals surface area contributed by atoms with Gasteiger partial charge in [0, 0.05) is 36.2 Å². The van der Waals surface area contributed by atoms with Crippen LogP contribution in [-0.4, -0.2) is 59.5 Å². The lowest BCUT2D eigenvalue weighted by Gasteiger charge is -2.36. The molecule has 0 aliphatic carbocycles. The molecule has 1 aliphatic rings. The lowest BCUT2D eigenvalue weighted by atomic mass is 10.1. The summed E-state index contributed by atoms with van der Waals surface area (Å²) in [7, 11) is 0. The smallest absolute Gasteiger partial charge is 0.242 e. The van der Waals surface area contributed by atoms with Crippen molar-refractivity contribution < 1.29 is 4.79 Å². The fourth-order valence-corrected chi connectivity index (χ4v) is 3.60. The number of aliphatic imine (C=N–C) groups is 1. The van der Waals surface area contributed by atoms with Crippen molar-refractivity contribution >= 4 is 23.6 Å². The largest absolute Gasteiger partial charge is 0.357 e. The number of thioether (sulfide) groups is 1. The number of guanidine groups is 1. The molecule has 0 spiro atoms. The highest BCUT2D eigenvalue weighted by atomic mass is 32.2. The van der Waals surface area contributed by atoms with E-state index in [2.05, 4.69) is 41.3 Å². The molecule has 0 aromatic carbocycles. The van der Waals surface area contributed by atoms with E-state index in [4.69, 9.17) is 0 Å². The van der Waals surface area contributed by atoms with Gasteiger partial charge < -0.3 is 15.5 Å². The molecular weight excluding hydrogens is 296 g/mol. The van der Waals surface area contributed by atoms with Crippen LogP contribution in [-0.2, 0) is 4.79 Å². The van der Waals surface area contributed by atoms with Crippen LogP contribution in [0.5, 0.6) is 0 Å². The molecule has 0 aromatic heterocycles. The van der Waals surface area contributed by atoms with Crippen LogP contribution in [0.1, 0.15) is 41.5 Å². The Bertz CT molecular complexity index is 390. The van der Waals surface area contributed by atoms with Crippen molar-refractivity contribution in [1.29, 1.82) is 0 Å². The molecule has 1 aliphatic heterocycles. The Labute approximate surface area is 139 Å². The van der Waals surface area contributed by atoms with E-state index in [9.17, 15) is 4.79 Å². The SMILES string of the molecule is CCNC(=NCC(=O)NC(C)(C)C)N1CCSC(C(C)C)C1. The van der Waals surface area contributed by atoms with Crippen molar-refractivity contribution in [2.75, 3.05) is 31.9 Å². The summed E-state index contributed by atoms with van der Waals surface area (Å²) in [5.41, 5.74) is -0.213.